The number of methoxy groups -OCH3 is 1. The molecule has 2 N–H and O–H groups in total. The summed E-state index contributed by atoms with van der Waals surface area (Å²) in [6.07, 6.45) is 4.56. The number of aromatic nitrogens is 2. The summed E-state index contributed by atoms with van der Waals surface area (Å²) in [5.41, 5.74) is 0.910. The van der Waals surface area contributed by atoms with Gasteiger partial charge in [-0.15, -0.1) is 0 Å². The Morgan fingerprint density at radius 3 is 3.08 bits per heavy atom. The number of carbonyl (C=O) groups is 1. The first-order valence-electron chi connectivity index (χ1n) is 8.40. The van der Waals surface area contributed by atoms with E-state index in [9.17, 15) is 4.79 Å². The van der Waals surface area contributed by atoms with Gasteiger partial charge in [0.05, 0.1) is 13.7 Å². The summed E-state index contributed by atoms with van der Waals surface area (Å²) >= 11 is 0. The van der Waals surface area contributed by atoms with Crippen molar-refractivity contribution in [3.8, 4) is 5.75 Å². The van der Waals surface area contributed by atoms with Crippen LogP contribution in [-0.2, 0) is 11.8 Å². The van der Waals surface area contributed by atoms with Crippen molar-refractivity contribution >= 4 is 6.03 Å². The van der Waals surface area contributed by atoms with E-state index in [4.69, 9.17) is 9.47 Å². The number of aryl methyl sites for hydroxylation is 1. The second kappa shape index (κ2) is 8.02. The molecule has 2 heterocycles. The van der Waals surface area contributed by atoms with E-state index >= 15 is 0 Å². The molecule has 1 fully saturated rings. The fourth-order valence-corrected chi connectivity index (χ4v) is 2.94. The van der Waals surface area contributed by atoms with E-state index in [1.54, 1.807) is 13.3 Å². The van der Waals surface area contributed by atoms with Gasteiger partial charge in [-0.1, -0.05) is 12.1 Å². The van der Waals surface area contributed by atoms with Crippen LogP contribution in [0.1, 0.15) is 23.9 Å². The topological polar surface area (TPSA) is 77.4 Å². The van der Waals surface area contributed by atoms with E-state index in [0.717, 1.165) is 30.2 Å². The number of ether oxygens (including phenoxy) is 2. The molecule has 1 saturated heterocycles. The highest BCUT2D eigenvalue weighted by Gasteiger charge is 2.22. The van der Waals surface area contributed by atoms with E-state index in [1.807, 2.05) is 42.1 Å². The Morgan fingerprint density at radius 1 is 1.52 bits per heavy atom. The zero-order valence-corrected chi connectivity index (χ0v) is 14.6. The molecule has 25 heavy (non-hydrogen) atoms. The Labute approximate surface area is 147 Å². The number of amides is 2. The van der Waals surface area contributed by atoms with E-state index in [1.165, 1.54) is 0 Å². The lowest BCUT2D eigenvalue weighted by Crippen LogP contribution is -2.41. The Hall–Kier alpha value is -2.54. The van der Waals surface area contributed by atoms with Gasteiger partial charge in [-0.25, -0.2) is 9.78 Å². The molecule has 2 amide bonds. The van der Waals surface area contributed by atoms with Crippen LogP contribution in [0, 0.1) is 5.92 Å². The van der Waals surface area contributed by atoms with E-state index in [0.29, 0.717) is 19.1 Å². The van der Waals surface area contributed by atoms with Crippen LogP contribution in [-0.4, -0.2) is 42.5 Å². The summed E-state index contributed by atoms with van der Waals surface area (Å²) in [4.78, 5) is 16.8. The number of imidazole rings is 1. The van der Waals surface area contributed by atoms with Gasteiger partial charge in [0.1, 0.15) is 17.6 Å². The highest BCUT2D eigenvalue weighted by atomic mass is 16.5. The molecule has 3 rings (SSSR count). The lowest BCUT2D eigenvalue weighted by Gasteiger charge is -2.20. The maximum atomic E-state index is 12.4. The molecule has 1 aliphatic heterocycles. The summed E-state index contributed by atoms with van der Waals surface area (Å²) in [5.74, 6) is 1.88. The molecule has 0 aliphatic carbocycles. The normalized spacial score (nSPS) is 17.9. The van der Waals surface area contributed by atoms with Gasteiger partial charge in [0.15, 0.2) is 0 Å². The second-order valence-corrected chi connectivity index (χ2v) is 6.19. The largest absolute Gasteiger partial charge is 0.497 e. The van der Waals surface area contributed by atoms with Crippen LogP contribution >= 0.6 is 0 Å². The van der Waals surface area contributed by atoms with Crippen LogP contribution in [0.2, 0.25) is 0 Å². The van der Waals surface area contributed by atoms with Crippen molar-refractivity contribution in [2.45, 2.75) is 12.5 Å². The number of carbonyl (C=O) groups excluding carboxylic acids is 1. The molecule has 1 aromatic heterocycles. The Kier molecular flexibility index (Phi) is 5.55. The highest BCUT2D eigenvalue weighted by molar-refractivity contribution is 5.74. The molecule has 1 aromatic carbocycles. The monoisotopic (exact) mass is 344 g/mol. The van der Waals surface area contributed by atoms with E-state index < -0.39 is 0 Å². The summed E-state index contributed by atoms with van der Waals surface area (Å²) in [6, 6.07) is 7.05. The van der Waals surface area contributed by atoms with E-state index in [2.05, 4.69) is 15.6 Å². The Bertz CT molecular complexity index is 710. The molecular formula is C18H24N4O3. The van der Waals surface area contributed by atoms with Gasteiger partial charge >= 0.3 is 6.03 Å². The molecule has 0 radical (unpaired) electrons. The molecule has 0 unspecified atom stereocenters. The highest BCUT2D eigenvalue weighted by Crippen LogP contribution is 2.24. The van der Waals surface area contributed by atoms with Gasteiger partial charge < -0.3 is 24.7 Å². The van der Waals surface area contributed by atoms with Crippen molar-refractivity contribution in [1.82, 2.24) is 20.2 Å². The van der Waals surface area contributed by atoms with Crippen molar-refractivity contribution in [2.75, 3.05) is 26.9 Å². The standard InChI is InChI=1S/C18H24N4O3/c1-22-8-7-19-17(22)16(14-4-3-5-15(10-14)24-2)21-18(23)20-11-13-6-9-25-12-13/h3-5,7-8,10,13,16H,6,9,11-12H2,1-2H3,(H2,20,21,23)/t13-,16-/m0/s1. The minimum absolute atomic E-state index is 0.220. The van der Waals surface area contributed by atoms with Crippen molar-refractivity contribution in [3.63, 3.8) is 0 Å². The van der Waals surface area contributed by atoms with Crippen LogP contribution in [0.5, 0.6) is 5.75 Å². The molecule has 0 spiro atoms. The summed E-state index contributed by atoms with van der Waals surface area (Å²) < 4.78 is 12.5. The third-order valence-corrected chi connectivity index (χ3v) is 4.39. The fraction of sp³-hybridized carbons (Fsp3) is 0.444. The maximum Gasteiger partial charge on any atom is 0.315 e. The number of nitrogens with zero attached hydrogens (tertiary/aromatic N) is 2. The minimum atomic E-state index is -0.366. The summed E-state index contributed by atoms with van der Waals surface area (Å²) in [5, 5.41) is 5.96. The average molecular weight is 344 g/mol. The van der Waals surface area contributed by atoms with Gasteiger partial charge in [0.2, 0.25) is 0 Å². The SMILES string of the molecule is COc1cccc([C@H](NC(=O)NC[C@@H]2CCOC2)c2nccn2C)c1. The zero-order valence-electron chi connectivity index (χ0n) is 14.6. The Balaban J connectivity index is 1.74. The predicted octanol–water partition coefficient (Wildman–Crippen LogP) is 1.85. The van der Waals surface area contributed by atoms with Crippen molar-refractivity contribution < 1.29 is 14.3 Å². The lowest BCUT2D eigenvalue weighted by atomic mass is 10.1. The molecule has 2 atom stereocenters. The molecule has 0 bridgehead atoms. The molecule has 2 aromatic rings. The van der Waals surface area contributed by atoms with Crippen molar-refractivity contribution in [3.05, 3.63) is 48.0 Å². The molecular weight excluding hydrogens is 320 g/mol. The van der Waals surface area contributed by atoms with Gasteiger partial charge in [-0.3, -0.25) is 0 Å². The van der Waals surface area contributed by atoms with Crippen molar-refractivity contribution in [1.29, 1.82) is 0 Å². The number of hydrogen-bond acceptors (Lipinski definition) is 4. The Morgan fingerprint density at radius 2 is 2.40 bits per heavy atom. The van der Waals surface area contributed by atoms with Crippen LogP contribution in [0.4, 0.5) is 4.79 Å². The maximum absolute atomic E-state index is 12.4. The predicted molar refractivity (Wildman–Crippen MR) is 93.5 cm³/mol. The quantitative estimate of drug-likeness (QED) is 0.838. The van der Waals surface area contributed by atoms with Gasteiger partial charge in [0, 0.05) is 38.5 Å². The van der Waals surface area contributed by atoms with Crippen LogP contribution in [0.25, 0.3) is 0 Å². The molecule has 0 saturated carbocycles. The molecule has 1 aliphatic rings. The summed E-state index contributed by atoms with van der Waals surface area (Å²) in [7, 11) is 3.53. The van der Waals surface area contributed by atoms with Crippen LogP contribution < -0.4 is 15.4 Å². The number of rotatable bonds is 6. The first kappa shape index (κ1) is 17.3. The van der Waals surface area contributed by atoms with E-state index in [-0.39, 0.29) is 12.1 Å². The first-order chi connectivity index (χ1) is 12.2. The number of urea groups is 1. The van der Waals surface area contributed by atoms with Gasteiger partial charge in [-0.2, -0.15) is 0 Å². The fourth-order valence-electron chi connectivity index (χ4n) is 2.94. The average Bonchev–Trinajstić information content (AvgIpc) is 3.29. The molecule has 134 valence electrons. The first-order valence-corrected chi connectivity index (χ1v) is 8.40. The van der Waals surface area contributed by atoms with Gasteiger partial charge in [0.25, 0.3) is 0 Å². The second-order valence-electron chi connectivity index (χ2n) is 6.19. The van der Waals surface area contributed by atoms with Crippen LogP contribution in [0.3, 0.4) is 0 Å². The third kappa shape index (κ3) is 4.30. The molecule has 7 nitrogen and oxygen atoms in total. The van der Waals surface area contributed by atoms with Crippen molar-refractivity contribution in [2.24, 2.45) is 13.0 Å². The number of nitrogens with one attached hydrogen (secondary N) is 2. The smallest absolute Gasteiger partial charge is 0.315 e. The summed E-state index contributed by atoms with van der Waals surface area (Å²) in [6.45, 7) is 2.09. The van der Waals surface area contributed by atoms with Gasteiger partial charge in [-0.05, 0) is 24.1 Å². The zero-order chi connectivity index (χ0) is 17.6. The lowest BCUT2D eigenvalue weighted by molar-refractivity contribution is 0.185. The van der Waals surface area contributed by atoms with Crippen LogP contribution in [0.15, 0.2) is 36.7 Å². The third-order valence-electron chi connectivity index (χ3n) is 4.39. The number of hydrogen-bond donors (Lipinski definition) is 2. The number of benzene rings is 1. The molecule has 7 heteroatoms. The minimum Gasteiger partial charge on any atom is -0.497 e.